The van der Waals surface area contributed by atoms with E-state index in [4.69, 9.17) is 4.42 Å². The molecular weight excluding hydrogens is 178 g/mol. The molecule has 0 amide bonds. The highest BCUT2D eigenvalue weighted by molar-refractivity contribution is 5.14. The van der Waals surface area contributed by atoms with Gasteiger partial charge < -0.3 is 9.52 Å². The third-order valence-corrected chi connectivity index (χ3v) is 2.04. The number of hydrogen-bond acceptors (Lipinski definition) is 3. The Hall–Kier alpha value is -1.61. The van der Waals surface area contributed by atoms with Gasteiger partial charge in [-0.15, -0.1) is 0 Å². The fraction of sp³-hybridized carbons (Fsp3) is 0.182. The lowest BCUT2D eigenvalue weighted by Gasteiger charge is -2.07. The van der Waals surface area contributed by atoms with Crippen molar-refractivity contribution >= 4 is 0 Å². The first-order valence-corrected chi connectivity index (χ1v) is 4.46. The Morgan fingerprint density at radius 1 is 1.36 bits per heavy atom. The first kappa shape index (κ1) is 8.97. The van der Waals surface area contributed by atoms with Crippen molar-refractivity contribution in [1.29, 1.82) is 0 Å². The number of aromatic nitrogens is 1. The SMILES string of the molecule is OC(Cc1ccco1)c1cccnc1. The van der Waals surface area contributed by atoms with Gasteiger partial charge in [0.2, 0.25) is 0 Å². The molecule has 0 aliphatic heterocycles. The maximum absolute atomic E-state index is 9.79. The van der Waals surface area contributed by atoms with Crippen LogP contribution in [0, 0.1) is 0 Å². The van der Waals surface area contributed by atoms with Crippen LogP contribution in [-0.4, -0.2) is 10.1 Å². The molecule has 0 aliphatic rings. The monoisotopic (exact) mass is 189 g/mol. The highest BCUT2D eigenvalue weighted by atomic mass is 16.3. The van der Waals surface area contributed by atoms with Crippen molar-refractivity contribution in [1.82, 2.24) is 4.98 Å². The largest absolute Gasteiger partial charge is 0.469 e. The highest BCUT2D eigenvalue weighted by Crippen LogP contribution is 2.16. The van der Waals surface area contributed by atoms with Gasteiger partial charge in [0.1, 0.15) is 5.76 Å². The maximum Gasteiger partial charge on any atom is 0.106 e. The molecular formula is C11H11NO2. The first-order valence-electron chi connectivity index (χ1n) is 4.46. The minimum Gasteiger partial charge on any atom is -0.469 e. The van der Waals surface area contributed by atoms with Crippen molar-refractivity contribution in [2.75, 3.05) is 0 Å². The summed E-state index contributed by atoms with van der Waals surface area (Å²) in [5.41, 5.74) is 0.809. The second-order valence-electron chi connectivity index (χ2n) is 3.09. The zero-order valence-corrected chi connectivity index (χ0v) is 7.63. The molecule has 1 N–H and O–H groups in total. The van der Waals surface area contributed by atoms with Gasteiger partial charge in [-0.05, 0) is 23.8 Å². The zero-order valence-electron chi connectivity index (χ0n) is 7.63. The molecule has 14 heavy (non-hydrogen) atoms. The van der Waals surface area contributed by atoms with Crippen LogP contribution >= 0.6 is 0 Å². The Morgan fingerprint density at radius 2 is 2.29 bits per heavy atom. The molecule has 2 heterocycles. The van der Waals surface area contributed by atoms with Crippen molar-refractivity contribution in [2.24, 2.45) is 0 Å². The third kappa shape index (κ3) is 2.00. The van der Waals surface area contributed by atoms with Crippen molar-refractivity contribution in [3.63, 3.8) is 0 Å². The average Bonchev–Trinajstić information content (AvgIpc) is 2.72. The number of furan rings is 1. The van der Waals surface area contributed by atoms with Crippen molar-refractivity contribution < 1.29 is 9.52 Å². The molecule has 3 nitrogen and oxygen atoms in total. The van der Waals surface area contributed by atoms with Gasteiger partial charge in [-0.1, -0.05) is 6.07 Å². The lowest BCUT2D eigenvalue weighted by Crippen LogP contribution is -2.00. The van der Waals surface area contributed by atoms with Crippen LogP contribution in [0.3, 0.4) is 0 Å². The van der Waals surface area contributed by atoms with Gasteiger partial charge in [-0.2, -0.15) is 0 Å². The number of aliphatic hydroxyl groups is 1. The topological polar surface area (TPSA) is 46.3 Å². The quantitative estimate of drug-likeness (QED) is 0.802. The Bertz CT molecular complexity index is 369. The van der Waals surface area contributed by atoms with E-state index in [0.29, 0.717) is 6.42 Å². The molecule has 3 heteroatoms. The van der Waals surface area contributed by atoms with Gasteiger partial charge >= 0.3 is 0 Å². The summed E-state index contributed by atoms with van der Waals surface area (Å²) in [5.74, 6) is 0.779. The average molecular weight is 189 g/mol. The van der Waals surface area contributed by atoms with Crippen LogP contribution in [0.4, 0.5) is 0 Å². The van der Waals surface area contributed by atoms with E-state index in [1.54, 1.807) is 24.7 Å². The zero-order chi connectivity index (χ0) is 9.80. The van der Waals surface area contributed by atoms with Crippen LogP contribution in [0.2, 0.25) is 0 Å². The van der Waals surface area contributed by atoms with Crippen LogP contribution in [-0.2, 0) is 6.42 Å². The Balaban J connectivity index is 2.07. The predicted octanol–water partition coefficient (Wildman–Crippen LogP) is 1.95. The molecule has 0 radical (unpaired) electrons. The summed E-state index contributed by atoms with van der Waals surface area (Å²) in [7, 11) is 0. The Labute approximate surface area is 82.0 Å². The number of hydrogen-bond donors (Lipinski definition) is 1. The normalized spacial score (nSPS) is 12.6. The molecule has 0 spiro atoms. The lowest BCUT2D eigenvalue weighted by atomic mass is 10.1. The van der Waals surface area contributed by atoms with Crippen LogP contribution in [0.5, 0.6) is 0 Å². The molecule has 2 rings (SSSR count). The van der Waals surface area contributed by atoms with E-state index in [1.165, 1.54) is 0 Å². The summed E-state index contributed by atoms with van der Waals surface area (Å²) < 4.78 is 5.15. The summed E-state index contributed by atoms with van der Waals surface area (Å²) in [6, 6.07) is 7.31. The summed E-state index contributed by atoms with van der Waals surface area (Å²) in [6.07, 6.45) is 4.88. The highest BCUT2D eigenvalue weighted by Gasteiger charge is 2.09. The molecule has 0 fully saturated rings. The molecule has 0 aliphatic carbocycles. The summed E-state index contributed by atoms with van der Waals surface area (Å²) in [4.78, 5) is 3.94. The molecule has 0 saturated heterocycles. The van der Waals surface area contributed by atoms with Gasteiger partial charge in [0.25, 0.3) is 0 Å². The third-order valence-electron chi connectivity index (χ3n) is 2.04. The van der Waals surface area contributed by atoms with Crippen LogP contribution < -0.4 is 0 Å². The van der Waals surface area contributed by atoms with E-state index in [2.05, 4.69) is 4.98 Å². The number of rotatable bonds is 3. The number of nitrogens with zero attached hydrogens (tertiary/aromatic N) is 1. The second-order valence-corrected chi connectivity index (χ2v) is 3.09. The fourth-order valence-corrected chi connectivity index (χ4v) is 1.31. The second kappa shape index (κ2) is 4.07. The van der Waals surface area contributed by atoms with E-state index < -0.39 is 6.10 Å². The lowest BCUT2D eigenvalue weighted by molar-refractivity contribution is 0.170. The Kier molecular flexibility index (Phi) is 2.60. The van der Waals surface area contributed by atoms with Crippen molar-refractivity contribution in [3.05, 3.63) is 54.2 Å². The van der Waals surface area contributed by atoms with Crippen molar-refractivity contribution in [2.45, 2.75) is 12.5 Å². The summed E-state index contributed by atoms with van der Waals surface area (Å²) >= 11 is 0. The van der Waals surface area contributed by atoms with E-state index >= 15 is 0 Å². The molecule has 0 saturated carbocycles. The van der Waals surface area contributed by atoms with Crippen molar-refractivity contribution in [3.8, 4) is 0 Å². The van der Waals surface area contributed by atoms with Gasteiger partial charge in [-0.25, -0.2) is 0 Å². The van der Waals surface area contributed by atoms with Crippen LogP contribution in [0.1, 0.15) is 17.4 Å². The molecule has 72 valence electrons. The smallest absolute Gasteiger partial charge is 0.106 e. The van der Waals surface area contributed by atoms with Gasteiger partial charge in [0.05, 0.1) is 12.4 Å². The molecule has 1 unspecified atom stereocenters. The van der Waals surface area contributed by atoms with Crippen LogP contribution in [0.25, 0.3) is 0 Å². The number of aliphatic hydroxyl groups excluding tert-OH is 1. The molecule has 2 aromatic rings. The standard InChI is InChI=1S/C11H11NO2/c13-11(7-10-4-2-6-14-10)9-3-1-5-12-8-9/h1-6,8,11,13H,7H2. The summed E-state index contributed by atoms with van der Waals surface area (Å²) in [5, 5.41) is 9.79. The molecule has 0 aromatic carbocycles. The summed E-state index contributed by atoms with van der Waals surface area (Å²) in [6.45, 7) is 0. The Morgan fingerprint density at radius 3 is 2.93 bits per heavy atom. The maximum atomic E-state index is 9.79. The minimum absolute atomic E-state index is 0.485. The van der Waals surface area contributed by atoms with E-state index in [1.807, 2.05) is 18.2 Å². The van der Waals surface area contributed by atoms with E-state index in [0.717, 1.165) is 11.3 Å². The first-order chi connectivity index (χ1) is 6.86. The van der Waals surface area contributed by atoms with Gasteiger partial charge in [0, 0.05) is 18.8 Å². The number of pyridine rings is 1. The molecule has 0 bridgehead atoms. The van der Waals surface area contributed by atoms with E-state index in [9.17, 15) is 5.11 Å². The van der Waals surface area contributed by atoms with Gasteiger partial charge in [0.15, 0.2) is 0 Å². The molecule has 2 aromatic heterocycles. The fourth-order valence-electron chi connectivity index (χ4n) is 1.31. The van der Waals surface area contributed by atoms with Crippen LogP contribution in [0.15, 0.2) is 47.3 Å². The minimum atomic E-state index is -0.546. The molecule has 1 atom stereocenters. The predicted molar refractivity (Wildman–Crippen MR) is 51.6 cm³/mol. The van der Waals surface area contributed by atoms with E-state index in [-0.39, 0.29) is 0 Å². The van der Waals surface area contributed by atoms with Gasteiger partial charge in [-0.3, -0.25) is 4.98 Å².